The molecule has 1 aliphatic rings. The number of benzene rings is 1. The fraction of sp³-hybridized carbons (Fsp3) is 0.278. The van der Waals surface area contributed by atoms with E-state index in [-0.39, 0.29) is 5.82 Å². The monoisotopic (exact) mass is 372 g/mol. The van der Waals surface area contributed by atoms with E-state index in [1.54, 1.807) is 29.3 Å². The van der Waals surface area contributed by atoms with Gasteiger partial charge in [-0.2, -0.15) is 5.10 Å². The molecule has 1 aromatic carbocycles. The summed E-state index contributed by atoms with van der Waals surface area (Å²) in [5.74, 6) is 1.36. The molecule has 1 saturated heterocycles. The second-order valence-electron chi connectivity index (χ2n) is 6.15. The zero-order valence-electron chi connectivity index (χ0n) is 14.1. The Bertz CT molecular complexity index is 857. The van der Waals surface area contributed by atoms with Crippen LogP contribution in [0.25, 0.3) is 5.82 Å². The minimum absolute atomic E-state index is 0.250. The zero-order chi connectivity index (χ0) is 17.9. The minimum atomic E-state index is -0.250. The Morgan fingerprint density at radius 2 is 1.85 bits per heavy atom. The Balaban J connectivity index is 1.42. The van der Waals surface area contributed by atoms with Gasteiger partial charge in [0.2, 0.25) is 0 Å². The van der Waals surface area contributed by atoms with Crippen LogP contribution in [-0.4, -0.2) is 50.8 Å². The first-order chi connectivity index (χ1) is 12.7. The predicted molar refractivity (Wildman–Crippen MR) is 98.1 cm³/mol. The summed E-state index contributed by atoms with van der Waals surface area (Å²) in [6.45, 7) is 3.75. The molecule has 1 aliphatic heterocycles. The molecule has 0 amide bonds. The van der Waals surface area contributed by atoms with Crippen molar-refractivity contribution >= 4 is 17.4 Å². The number of piperazine rings is 1. The van der Waals surface area contributed by atoms with Gasteiger partial charge in [0.25, 0.3) is 0 Å². The lowest BCUT2D eigenvalue weighted by Crippen LogP contribution is -2.46. The quantitative estimate of drug-likeness (QED) is 0.705. The van der Waals surface area contributed by atoms with Crippen molar-refractivity contribution < 1.29 is 4.39 Å². The summed E-state index contributed by atoms with van der Waals surface area (Å²) < 4.78 is 15.7. The molecule has 0 aliphatic carbocycles. The number of anilines is 1. The lowest BCUT2D eigenvalue weighted by atomic mass is 10.2. The molecule has 0 spiro atoms. The van der Waals surface area contributed by atoms with E-state index in [0.717, 1.165) is 37.8 Å². The van der Waals surface area contributed by atoms with E-state index in [1.807, 2.05) is 18.3 Å². The summed E-state index contributed by atoms with van der Waals surface area (Å²) in [4.78, 5) is 13.1. The summed E-state index contributed by atoms with van der Waals surface area (Å²) in [6.07, 6.45) is 5.12. The second kappa shape index (κ2) is 7.39. The standard InChI is InChI=1S/C18H18ClFN6/c19-15-3-1-4-16(20)14(15)12-24-7-9-25(10-8-24)17-11-18(22-13-21-17)26-6-2-5-23-26/h1-6,11,13H,7-10,12H2. The van der Waals surface area contributed by atoms with Crippen molar-refractivity contribution in [2.45, 2.75) is 6.54 Å². The van der Waals surface area contributed by atoms with Gasteiger partial charge in [-0.05, 0) is 18.2 Å². The highest BCUT2D eigenvalue weighted by atomic mass is 35.5. The molecule has 0 atom stereocenters. The van der Waals surface area contributed by atoms with Crippen molar-refractivity contribution in [1.29, 1.82) is 0 Å². The van der Waals surface area contributed by atoms with Crippen molar-refractivity contribution in [2.75, 3.05) is 31.1 Å². The third-order valence-electron chi connectivity index (χ3n) is 4.52. The molecule has 0 N–H and O–H groups in total. The molecule has 3 aromatic rings. The maximum Gasteiger partial charge on any atom is 0.158 e. The van der Waals surface area contributed by atoms with Gasteiger partial charge in [-0.1, -0.05) is 17.7 Å². The second-order valence-corrected chi connectivity index (χ2v) is 6.56. The van der Waals surface area contributed by atoms with E-state index in [0.29, 0.717) is 17.1 Å². The van der Waals surface area contributed by atoms with E-state index < -0.39 is 0 Å². The van der Waals surface area contributed by atoms with Gasteiger partial charge in [-0.25, -0.2) is 19.0 Å². The largest absolute Gasteiger partial charge is 0.354 e. The maximum absolute atomic E-state index is 14.0. The lowest BCUT2D eigenvalue weighted by Gasteiger charge is -2.35. The average Bonchev–Trinajstić information content (AvgIpc) is 3.20. The van der Waals surface area contributed by atoms with Crippen molar-refractivity contribution in [1.82, 2.24) is 24.6 Å². The topological polar surface area (TPSA) is 50.1 Å². The maximum atomic E-state index is 14.0. The van der Waals surface area contributed by atoms with Gasteiger partial charge in [0.15, 0.2) is 5.82 Å². The first kappa shape index (κ1) is 16.9. The summed E-state index contributed by atoms with van der Waals surface area (Å²) in [5, 5.41) is 4.68. The minimum Gasteiger partial charge on any atom is -0.354 e. The number of hydrogen-bond acceptors (Lipinski definition) is 5. The van der Waals surface area contributed by atoms with Crippen LogP contribution in [0.15, 0.2) is 49.1 Å². The molecule has 0 unspecified atom stereocenters. The molecule has 6 nitrogen and oxygen atoms in total. The van der Waals surface area contributed by atoms with Crippen LogP contribution in [0.2, 0.25) is 5.02 Å². The van der Waals surface area contributed by atoms with E-state index in [9.17, 15) is 4.39 Å². The number of rotatable bonds is 4. The Kier molecular flexibility index (Phi) is 4.81. The van der Waals surface area contributed by atoms with Crippen molar-refractivity contribution in [3.05, 3.63) is 65.5 Å². The molecule has 3 heterocycles. The van der Waals surface area contributed by atoms with Crippen LogP contribution in [-0.2, 0) is 6.54 Å². The van der Waals surface area contributed by atoms with Crippen molar-refractivity contribution in [3.8, 4) is 5.82 Å². The normalized spacial score (nSPS) is 15.4. The SMILES string of the molecule is Fc1cccc(Cl)c1CN1CCN(c2cc(-n3cccn3)ncn2)CC1. The molecule has 134 valence electrons. The highest BCUT2D eigenvalue weighted by Crippen LogP contribution is 2.22. The number of halogens is 2. The fourth-order valence-corrected chi connectivity index (χ4v) is 3.30. The summed E-state index contributed by atoms with van der Waals surface area (Å²) in [5.41, 5.74) is 0.561. The Morgan fingerprint density at radius 3 is 2.58 bits per heavy atom. The number of nitrogens with zero attached hydrogens (tertiary/aromatic N) is 6. The first-order valence-corrected chi connectivity index (χ1v) is 8.81. The van der Waals surface area contributed by atoms with Gasteiger partial charge < -0.3 is 4.90 Å². The molecular weight excluding hydrogens is 355 g/mol. The van der Waals surface area contributed by atoms with Crippen LogP contribution in [0.3, 0.4) is 0 Å². The zero-order valence-corrected chi connectivity index (χ0v) is 14.8. The van der Waals surface area contributed by atoms with Crippen LogP contribution < -0.4 is 4.90 Å². The Morgan fingerprint density at radius 1 is 1.04 bits per heavy atom. The molecule has 0 bridgehead atoms. The van der Waals surface area contributed by atoms with E-state index in [4.69, 9.17) is 11.6 Å². The Labute approximate surface area is 155 Å². The van der Waals surface area contributed by atoms with Gasteiger partial charge in [-0.15, -0.1) is 0 Å². The van der Waals surface area contributed by atoms with Gasteiger partial charge in [0.1, 0.15) is 18.0 Å². The molecule has 26 heavy (non-hydrogen) atoms. The molecule has 0 radical (unpaired) electrons. The van der Waals surface area contributed by atoms with Crippen molar-refractivity contribution in [2.24, 2.45) is 0 Å². The van der Waals surface area contributed by atoms with Crippen LogP contribution in [0.5, 0.6) is 0 Å². The van der Waals surface area contributed by atoms with E-state index in [2.05, 4.69) is 24.9 Å². The molecular formula is C18H18ClFN6. The van der Waals surface area contributed by atoms with Crippen LogP contribution in [0.1, 0.15) is 5.56 Å². The molecule has 8 heteroatoms. The highest BCUT2D eigenvalue weighted by molar-refractivity contribution is 6.31. The molecule has 1 fully saturated rings. The third-order valence-corrected chi connectivity index (χ3v) is 4.87. The van der Waals surface area contributed by atoms with E-state index >= 15 is 0 Å². The van der Waals surface area contributed by atoms with Crippen LogP contribution >= 0.6 is 11.6 Å². The van der Waals surface area contributed by atoms with Crippen molar-refractivity contribution in [3.63, 3.8) is 0 Å². The summed E-state index contributed by atoms with van der Waals surface area (Å²) in [7, 11) is 0. The number of aromatic nitrogens is 4. The van der Waals surface area contributed by atoms with Gasteiger partial charge in [-0.3, -0.25) is 4.90 Å². The molecule has 2 aromatic heterocycles. The smallest absolute Gasteiger partial charge is 0.158 e. The van der Waals surface area contributed by atoms with Crippen LogP contribution in [0.4, 0.5) is 10.2 Å². The highest BCUT2D eigenvalue weighted by Gasteiger charge is 2.20. The molecule has 4 rings (SSSR count). The lowest BCUT2D eigenvalue weighted by molar-refractivity contribution is 0.246. The third kappa shape index (κ3) is 3.54. The number of hydrogen-bond donors (Lipinski definition) is 0. The summed E-state index contributed by atoms with van der Waals surface area (Å²) >= 11 is 6.14. The molecule has 0 saturated carbocycles. The summed E-state index contributed by atoms with van der Waals surface area (Å²) in [6, 6.07) is 8.60. The average molecular weight is 373 g/mol. The van der Waals surface area contributed by atoms with Crippen LogP contribution in [0, 0.1) is 5.82 Å². The van der Waals surface area contributed by atoms with Gasteiger partial charge in [0.05, 0.1) is 0 Å². The predicted octanol–water partition coefficient (Wildman–Crippen LogP) is 2.78. The fourth-order valence-electron chi connectivity index (χ4n) is 3.08. The van der Waals surface area contributed by atoms with Gasteiger partial charge >= 0.3 is 0 Å². The van der Waals surface area contributed by atoms with Gasteiger partial charge in [0, 0.05) is 61.8 Å². The first-order valence-electron chi connectivity index (χ1n) is 8.43. The Hall–Kier alpha value is -2.51. The van der Waals surface area contributed by atoms with E-state index in [1.165, 1.54) is 6.07 Å².